The Morgan fingerprint density at radius 3 is 2.44 bits per heavy atom. The zero-order valence-electron chi connectivity index (χ0n) is 19.2. The summed E-state index contributed by atoms with van der Waals surface area (Å²) < 4.78 is 0. The summed E-state index contributed by atoms with van der Waals surface area (Å²) in [5, 5.41) is 18.4. The lowest BCUT2D eigenvalue weighted by Crippen LogP contribution is -2.42. The predicted octanol–water partition coefficient (Wildman–Crippen LogP) is 4.35. The van der Waals surface area contributed by atoms with Gasteiger partial charge in [0.05, 0.1) is 27.7 Å². The Morgan fingerprint density at radius 2 is 1.75 bits per heavy atom. The molecule has 0 saturated carbocycles. The lowest BCUT2D eigenvalue weighted by atomic mass is 10.0. The first-order chi connectivity index (χ1) is 17.3. The van der Waals surface area contributed by atoms with Gasteiger partial charge in [-0.05, 0) is 54.3 Å². The third-order valence-electron chi connectivity index (χ3n) is 5.76. The van der Waals surface area contributed by atoms with Crippen molar-refractivity contribution >= 4 is 52.5 Å². The minimum Gasteiger partial charge on any atom is -0.480 e. The Labute approximate surface area is 218 Å². The molecule has 1 aliphatic heterocycles. The number of anilines is 2. The molecule has 1 unspecified atom stereocenters. The second-order valence-electron chi connectivity index (χ2n) is 8.43. The standard InChI is InChI=1S/C26H24Cl2N4O4/c27-19-4-1-5-20(28)23(19)25(34)32-21(26(35)36)13-15-6-9-17(10-7-15)30-22(33)14-18-11-8-16-3-2-12-29-24(16)31-18/h1,4-11,21H,2-3,12-14H2,(H,29,31)(H,30,33)(H,32,34)(H,35,36). The molecule has 2 amide bonds. The number of amides is 2. The number of pyridine rings is 1. The van der Waals surface area contributed by atoms with E-state index in [0.717, 1.165) is 30.8 Å². The van der Waals surface area contributed by atoms with E-state index in [1.165, 1.54) is 12.1 Å². The number of rotatable bonds is 8. The van der Waals surface area contributed by atoms with Crippen molar-refractivity contribution in [2.24, 2.45) is 0 Å². The van der Waals surface area contributed by atoms with E-state index in [1.54, 1.807) is 30.3 Å². The molecule has 3 aromatic rings. The van der Waals surface area contributed by atoms with Gasteiger partial charge in [-0.3, -0.25) is 9.59 Å². The van der Waals surface area contributed by atoms with Crippen molar-refractivity contribution in [3.8, 4) is 0 Å². The van der Waals surface area contributed by atoms with Crippen LogP contribution in [0, 0.1) is 0 Å². The van der Waals surface area contributed by atoms with Crippen LogP contribution in [0.1, 0.15) is 33.6 Å². The number of carboxylic acids is 1. The monoisotopic (exact) mass is 526 g/mol. The number of carbonyl (C=O) groups excluding carboxylic acids is 2. The van der Waals surface area contributed by atoms with E-state index in [0.29, 0.717) is 16.9 Å². The van der Waals surface area contributed by atoms with E-state index >= 15 is 0 Å². The topological polar surface area (TPSA) is 120 Å². The fourth-order valence-electron chi connectivity index (χ4n) is 3.94. The number of nitrogens with one attached hydrogen (secondary N) is 3. The molecule has 0 spiro atoms. The number of fused-ring (bicyclic) bond motifs is 1. The Balaban J connectivity index is 1.35. The van der Waals surface area contributed by atoms with Gasteiger partial charge in [0.1, 0.15) is 11.9 Å². The Kier molecular flexibility index (Phi) is 8.07. The summed E-state index contributed by atoms with van der Waals surface area (Å²) in [5.74, 6) is -1.24. The van der Waals surface area contributed by atoms with Crippen LogP contribution >= 0.6 is 23.2 Å². The molecule has 0 fully saturated rings. The van der Waals surface area contributed by atoms with Crippen LogP contribution in [-0.4, -0.2) is 40.5 Å². The highest BCUT2D eigenvalue weighted by Gasteiger charge is 2.24. The van der Waals surface area contributed by atoms with Crippen molar-refractivity contribution in [3.05, 3.63) is 87.0 Å². The first-order valence-electron chi connectivity index (χ1n) is 11.4. The molecule has 4 rings (SSSR count). The lowest BCUT2D eigenvalue weighted by Gasteiger charge is -2.17. The summed E-state index contributed by atoms with van der Waals surface area (Å²) >= 11 is 12.1. The number of aryl methyl sites for hydroxylation is 1. The van der Waals surface area contributed by atoms with Crippen molar-refractivity contribution in [1.29, 1.82) is 0 Å². The van der Waals surface area contributed by atoms with Crippen LogP contribution in [0.25, 0.3) is 0 Å². The van der Waals surface area contributed by atoms with Crippen LogP contribution in [0.15, 0.2) is 54.6 Å². The second-order valence-corrected chi connectivity index (χ2v) is 9.24. The fourth-order valence-corrected chi connectivity index (χ4v) is 4.51. The number of halogens is 2. The molecule has 186 valence electrons. The first kappa shape index (κ1) is 25.5. The molecule has 2 aromatic carbocycles. The largest absolute Gasteiger partial charge is 0.480 e. The van der Waals surface area contributed by atoms with Crippen molar-refractivity contribution in [2.75, 3.05) is 17.2 Å². The van der Waals surface area contributed by atoms with E-state index in [1.807, 2.05) is 12.1 Å². The maximum absolute atomic E-state index is 12.6. The average molecular weight is 527 g/mol. The van der Waals surface area contributed by atoms with Crippen LogP contribution in [0.5, 0.6) is 0 Å². The summed E-state index contributed by atoms with van der Waals surface area (Å²) in [6.45, 7) is 0.877. The van der Waals surface area contributed by atoms with Crippen molar-refractivity contribution in [3.63, 3.8) is 0 Å². The maximum Gasteiger partial charge on any atom is 0.326 e. The number of aliphatic carboxylic acids is 1. The SMILES string of the molecule is O=C(Cc1ccc2c(n1)NCCC2)Nc1ccc(CC(NC(=O)c2c(Cl)cccc2Cl)C(=O)O)cc1. The number of carboxylic acid groups (broad SMARTS) is 1. The number of benzene rings is 2. The minimum atomic E-state index is -1.20. The fraction of sp³-hybridized carbons (Fsp3) is 0.231. The normalized spacial score (nSPS) is 13.2. The lowest BCUT2D eigenvalue weighted by molar-refractivity contribution is -0.139. The zero-order valence-corrected chi connectivity index (χ0v) is 20.7. The highest BCUT2D eigenvalue weighted by atomic mass is 35.5. The van der Waals surface area contributed by atoms with E-state index in [-0.39, 0.29) is 34.4 Å². The molecule has 0 bridgehead atoms. The number of nitrogens with zero attached hydrogens (tertiary/aromatic N) is 1. The van der Waals surface area contributed by atoms with E-state index in [9.17, 15) is 19.5 Å². The van der Waals surface area contributed by atoms with Gasteiger partial charge in [0, 0.05) is 18.7 Å². The van der Waals surface area contributed by atoms with Gasteiger partial charge in [0.2, 0.25) is 5.91 Å². The van der Waals surface area contributed by atoms with E-state index < -0.39 is 17.9 Å². The van der Waals surface area contributed by atoms with Gasteiger partial charge in [0.25, 0.3) is 5.91 Å². The molecule has 1 aromatic heterocycles. The molecule has 4 N–H and O–H groups in total. The smallest absolute Gasteiger partial charge is 0.326 e. The highest BCUT2D eigenvalue weighted by Crippen LogP contribution is 2.24. The van der Waals surface area contributed by atoms with E-state index in [2.05, 4.69) is 20.9 Å². The van der Waals surface area contributed by atoms with Crippen LogP contribution in [-0.2, 0) is 28.9 Å². The summed E-state index contributed by atoms with van der Waals surface area (Å²) in [5.41, 5.74) is 3.09. The van der Waals surface area contributed by atoms with Gasteiger partial charge >= 0.3 is 5.97 Å². The first-order valence-corrected chi connectivity index (χ1v) is 12.1. The summed E-state index contributed by atoms with van der Waals surface area (Å²) in [6.07, 6.45) is 2.21. The second kappa shape index (κ2) is 11.4. The highest BCUT2D eigenvalue weighted by molar-refractivity contribution is 6.39. The molecule has 36 heavy (non-hydrogen) atoms. The predicted molar refractivity (Wildman–Crippen MR) is 139 cm³/mol. The minimum absolute atomic E-state index is 0.0225. The van der Waals surface area contributed by atoms with Gasteiger partial charge < -0.3 is 21.1 Å². The third-order valence-corrected chi connectivity index (χ3v) is 6.39. The Morgan fingerprint density at radius 1 is 1.03 bits per heavy atom. The number of hydrogen-bond donors (Lipinski definition) is 4. The van der Waals surface area contributed by atoms with E-state index in [4.69, 9.17) is 23.2 Å². The molecule has 1 aliphatic rings. The van der Waals surface area contributed by atoms with Gasteiger partial charge in [-0.25, -0.2) is 9.78 Å². The van der Waals surface area contributed by atoms with Gasteiger partial charge in [0.15, 0.2) is 0 Å². The number of carbonyl (C=O) groups is 3. The summed E-state index contributed by atoms with van der Waals surface area (Å²) in [7, 11) is 0. The van der Waals surface area contributed by atoms with Crippen molar-refractivity contribution in [2.45, 2.75) is 31.7 Å². The van der Waals surface area contributed by atoms with Crippen LogP contribution < -0.4 is 16.0 Å². The van der Waals surface area contributed by atoms with Gasteiger partial charge in [-0.15, -0.1) is 0 Å². The molecule has 1 atom stereocenters. The van der Waals surface area contributed by atoms with Crippen LogP contribution in [0.2, 0.25) is 10.0 Å². The third kappa shape index (κ3) is 6.33. The van der Waals surface area contributed by atoms with Crippen LogP contribution in [0.3, 0.4) is 0 Å². The Hall–Kier alpha value is -3.62. The van der Waals surface area contributed by atoms with Crippen molar-refractivity contribution in [1.82, 2.24) is 10.3 Å². The molecule has 0 aliphatic carbocycles. The van der Waals surface area contributed by atoms with Gasteiger partial charge in [-0.1, -0.05) is 47.5 Å². The molecule has 8 nitrogen and oxygen atoms in total. The molecule has 10 heteroatoms. The van der Waals surface area contributed by atoms with Gasteiger partial charge in [-0.2, -0.15) is 0 Å². The summed E-state index contributed by atoms with van der Waals surface area (Å²) in [6, 6.07) is 14.0. The van der Waals surface area contributed by atoms with Crippen LogP contribution in [0.4, 0.5) is 11.5 Å². The number of hydrogen-bond acceptors (Lipinski definition) is 5. The van der Waals surface area contributed by atoms with Crippen molar-refractivity contribution < 1.29 is 19.5 Å². The quantitative estimate of drug-likeness (QED) is 0.346. The molecule has 0 saturated heterocycles. The molecular formula is C26H24Cl2N4O4. The number of aromatic nitrogens is 1. The zero-order chi connectivity index (χ0) is 25.7. The summed E-state index contributed by atoms with van der Waals surface area (Å²) in [4.78, 5) is 41.4. The molecule has 0 radical (unpaired) electrons. The molecule has 2 heterocycles. The maximum atomic E-state index is 12.6. The molecular weight excluding hydrogens is 503 g/mol. The Bertz CT molecular complexity index is 1280. The average Bonchev–Trinajstić information content (AvgIpc) is 2.84.